The Labute approximate surface area is 98.7 Å². The zero-order chi connectivity index (χ0) is 12.4. The van der Waals surface area contributed by atoms with Gasteiger partial charge in [0.2, 0.25) is 5.78 Å². The van der Waals surface area contributed by atoms with Crippen molar-refractivity contribution in [1.29, 1.82) is 0 Å². The van der Waals surface area contributed by atoms with Gasteiger partial charge in [-0.15, -0.1) is 0 Å². The number of Topliss-reactive ketones (excluding diaryl/α,β-unsaturated/α-hetero) is 1. The maximum atomic E-state index is 11.7. The Kier molecular flexibility index (Phi) is 3.01. The first-order valence-corrected chi connectivity index (χ1v) is 5.23. The molecule has 0 unspecified atom stereocenters. The fourth-order valence-electron chi connectivity index (χ4n) is 1.78. The molecule has 0 aliphatic rings. The summed E-state index contributed by atoms with van der Waals surface area (Å²) in [5.74, 6) is -0.356. The van der Waals surface area contributed by atoms with E-state index in [2.05, 4.69) is 10.1 Å². The van der Waals surface area contributed by atoms with Gasteiger partial charge in [0.25, 0.3) is 0 Å². The lowest BCUT2D eigenvalue weighted by Crippen LogP contribution is -2.12. The fourth-order valence-corrected chi connectivity index (χ4v) is 1.78. The van der Waals surface area contributed by atoms with Crippen LogP contribution in [0.1, 0.15) is 16.1 Å². The number of ketones is 1. The first-order chi connectivity index (χ1) is 8.15. The summed E-state index contributed by atoms with van der Waals surface area (Å²) in [6.45, 7) is 1.39. The molecule has 5 heteroatoms. The molecule has 0 aliphatic carbocycles. The second-order valence-corrected chi connectivity index (χ2v) is 3.78. The quantitative estimate of drug-likeness (QED) is 0.799. The molecule has 0 aliphatic heterocycles. The lowest BCUT2D eigenvalue weighted by Gasteiger charge is -2.05. The number of aliphatic hydroxyl groups excluding tert-OH is 1. The largest absolute Gasteiger partial charge is 0.388 e. The Bertz CT molecular complexity index is 561. The molecule has 0 saturated heterocycles. The van der Waals surface area contributed by atoms with Gasteiger partial charge in [-0.05, 0) is 18.6 Å². The summed E-state index contributed by atoms with van der Waals surface area (Å²) in [6, 6.07) is 3.76. The molecule has 0 radical (unpaired) electrons. The zero-order valence-corrected chi connectivity index (χ0v) is 9.71. The monoisotopic (exact) mass is 231 g/mol. The van der Waals surface area contributed by atoms with E-state index in [4.69, 9.17) is 5.11 Å². The minimum atomic E-state index is -0.529. The Morgan fingerprint density at radius 3 is 2.94 bits per heavy atom. The highest BCUT2D eigenvalue weighted by molar-refractivity contribution is 6.01. The van der Waals surface area contributed by atoms with Gasteiger partial charge >= 0.3 is 0 Å². The van der Waals surface area contributed by atoms with Crippen molar-refractivity contribution in [3.05, 3.63) is 35.8 Å². The number of hydrogen-bond acceptors (Lipinski definition) is 4. The van der Waals surface area contributed by atoms with Crippen LogP contribution >= 0.6 is 0 Å². The number of pyridine rings is 1. The molecular formula is C12H13N3O2. The smallest absolute Gasteiger partial charge is 0.206 e. The summed E-state index contributed by atoms with van der Waals surface area (Å²) >= 11 is 0. The highest BCUT2D eigenvalue weighted by Gasteiger charge is 2.18. The molecule has 0 bridgehead atoms. The Morgan fingerprint density at radius 1 is 1.53 bits per heavy atom. The summed E-state index contributed by atoms with van der Waals surface area (Å²) in [4.78, 5) is 15.9. The standard InChI is InChI=1S/C12H13N3O2/c1-8-4-3-5-13-11(8)9-6-14-15(2)12(9)10(17)7-16/h3-6,16H,7H2,1-2H3. The third-order valence-electron chi connectivity index (χ3n) is 2.61. The van der Waals surface area contributed by atoms with Crippen molar-refractivity contribution < 1.29 is 9.90 Å². The minimum absolute atomic E-state index is 0.356. The molecule has 1 N–H and O–H groups in total. The van der Waals surface area contributed by atoms with Gasteiger partial charge in [-0.25, -0.2) is 0 Å². The Hall–Kier alpha value is -2.01. The molecule has 2 aromatic rings. The van der Waals surface area contributed by atoms with Crippen LogP contribution in [0.5, 0.6) is 0 Å². The van der Waals surface area contributed by atoms with Gasteiger partial charge in [-0.2, -0.15) is 5.10 Å². The molecule has 2 aromatic heterocycles. The lowest BCUT2D eigenvalue weighted by molar-refractivity contribution is 0.0895. The number of rotatable bonds is 3. The average molecular weight is 231 g/mol. The van der Waals surface area contributed by atoms with E-state index in [1.807, 2.05) is 19.1 Å². The predicted molar refractivity (Wildman–Crippen MR) is 62.6 cm³/mol. The van der Waals surface area contributed by atoms with Gasteiger partial charge in [0.1, 0.15) is 12.3 Å². The maximum absolute atomic E-state index is 11.7. The molecule has 5 nitrogen and oxygen atoms in total. The van der Waals surface area contributed by atoms with Crippen LogP contribution < -0.4 is 0 Å². The molecule has 2 rings (SSSR count). The van der Waals surface area contributed by atoms with Crippen LogP contribution in [0.15, 0.2) is 24.5 Å². The minimum Gasteiger partial charge on any atom is -0.388 e. The van der Waals surface area contributed by atoms with Gasteiger partial charge in [-0.3, -0.25) is 14.5 Å². The third-order valence-corrected chi connectivity index (χ3v) is 2.61. The second kappa shape index (κ2) is 4.47. The average Bonchev–Trinajstić information content (AvgIpc) is 2.71. The van der Waals surface area contributed by atoms with E-state index in [0.29, 0.717) is 11.3 Å². The molecule has 0 fully saturated rings. The number of aromatic nitrogens is 3. The van der Waals surface area contributed by atoms with Gasteiger partial charge < -0.3 is 5.11 Å². The summed E-state index contributed by atoms with van der Waals surface area (Å²) < 4.78 is 1.46. The van der Waals surface area contributed by atoms with E-state index >= 15 is 0 Å². The van der Waals surface area contributed by atoms with Crippen molar-refractivity contribution in [3.8, 4) is 11.3 Å². The van der Waals surface area contributed by atoms with E-state index in [-0.39, 0.29) is 5.78 Å². The van der Waals surface area contributed by atoms with E-state index in [1.165, 1.54) is 4.68 Å². The number of hydrogen-bond donors (Lipinski definition) is 1. The van der Waals surface area contributed by atoms with E-state index < -0.39 is 6.61 Å². The van der Waals surface area contributed by atoms with Crippen LogP contribution in [0.25, 0.3) is 11.3 Å². The van der Waals surface area contributed by atoms with Gasteiger partial charge in [0.15, 0.2) is 0 Å². The molecule has 2 heterocycles. The highest BCUT2D eigenvalue weighted by atomic mass is 16.3. The van der Waals surface area contributed by atoms with Gasteiger partial charge in [-0.1, -0.05) is 6.07 Å². The van der Waals surface area contributed by atoms with Crippen LogP contribution in [0.3, 0.4) is 0 Å². The van der Waals surface area contributed by atoms with E-state index in [0.717, 1.165) is 11.3 Å². The van der Waals surface area contributed by atoms with E-state index in [9.17, 15) is 4.79 Å². The van der Waals surface area contributed by atoms with Crippen molar-refractivity contribution in [2.75, 3.05) is 6.61 Å². The predicted octanol–water partition coefficient (Wildman–Crippen LogP) is 0.966. The van der Waals surface area contributed by atoms with Crippen LogP contribution in [-0.2, 0) is 7.05 Å². The number of nitrogens with zero attached hydrogens (tertiary/aromatic N) is 3. The molecule has 0 saturated carbocycles. The van der Waals surface area contributed by atoms with Crippen molar-refractivity contribution >= 4 is 5.78 Å². The highest BCUT2D eigenvalue weighted by Crippen LogP contribution is 2.24. The van der Waals surface area contributed by atoms with E-state index in [1.54, 1.807) is 19.4 Å². The number of carbonyl (C=O) groups is 1. The van der Waals surface area contributed by atoms with Crippen molar-refractivity contribution in [1.82, 2.24) is 14.8 Å². The number of aliphatic hydroxyl groups is 1. The molecule has 17 heavy (non-hydrogen) atoms. The first kappa shape index (κ1) is 11.5. The van der Waals surface area contributed by atoms with Crippen molar-refractivity contribution in [3.63, 3.8) is 0 Å². The number of aryl methyl sites for hydroxylation is 2. The maximum Gasteiger partial charge on any atom is 0.206 e. The Balaban J connectivity index is 2.61. The Morgan fingerprint density at radius 2 is 2.29 bits per heavy atom. The van der Waals surface area contributed by atoms with Crippen molar-refractivity contribution in [2.24, 2.45) is 7.05 Å². The molecule has 0 aromatic carbocycles. The van der Waals surface area contributed by atoms with Crippen molar-refractivity contribution in [2.45, 2.75) is 6.92 Å². The molecule has 88 valence electrons. The summed E-state index contributed by atoms with van der Waals surface area (Å²) in [6.07, 6.45) is 3.26. The summed E-state index contributed by atoms with van der Waals surface area (Å²) in [7, 11) is 1.67. The lowest BCUT2D eigenvalue weighted by atomic mass is 10.1. The zero-order valence-electron chi connectivity index (χ0n) is 9.71. The molecular weight excluding hydrogens is 218 g/mol. The summed E-state index contributed by atoms with van der Waals surface area (Å²) in [5, 5.41) is 13.0. The molecule has 0 amide bonds. The van der Waals surface area contributed by atoms with Crippen LogP contribution in [-0.4, -0.2) is 32.3 Å². The molecule has 0 atom stereocenters. The topological polar surface area (TPSA) is 68.0 Å². The SMILES string of the molecule is Cc1cccnc1-c1cnn(C)c1C(=O)CO. The van der Waals surface area contributed by atoms with Crippen LogP contribution in [0.4, 0.5) is 0 Å². The number of carbonyl (C=O) groups excluding carboxylic acids is 1. The third kappa shape index (κ3) is 1.97. The normalized spacial score (nSPS) is 10.5. The summed E-state index contributed by atoms with van der Waals surface area (Å²) in [5.41, 5.74) is 2.73. The van der Waals surface area contributed by atoms with Gasteiger partial charge in [0, 0.05) is 18.8 Å². The van der Waals surface area contributed by atoms with Crippen LogP contribution in [0.2, 0.25) is 0 Å². The van der Waals surface area contributed by atoms with Crippen LogP contribution in [0, 0.1) is 6.92 Å². The molecule has 0 spiro atoms. The second-order valence-electron chi connectivity index (χ2n) is 3.78. The first-order valence-electron chi connectivity index (χ1n) is 5.23. The fraction of sp³-hybridized carbons (Fsp3) is 0.250. The van der Waals surface area contributed by atoms with Gasteiger partial charge in [0.05, 0.1) is 11.9 Å².